The van der Waals surface area contributed by atoms with Gasteiger partial charge in [0.25, 0.3) is 0 Å². The number of benzene rings is 1. The van der Waals surface area contributed by atoms with Crippen LogP contribution in [0, 0.1) is 0 Å². The van der Waals surface area contributed by atoms with Gasteiger partial charge in [-0.15, -0.1) is 0 Å². The van der Waals surface area contributed by atoms with Gasteiger partial charge in [0, 0.05) is 0 Å². The van der Waals surface area contributed by atoms with Crippen molar-refractivity contribution >= 4 is 5.57 Å². The summed E-state index contributed by atoms with van der Waals surface area (Å²) in [6.45, 7) is 9.60. The van der Waals surface area contributed by atoms with E-state index in [1.807, 2.05) is 13.0 Å². The number of rotatable bonds is 4. The van der Waals surface area contributed by atoms with Crippen LogP contribution >= 0.6 is 0 Å². The molecule has 0 aliphatic rings. The summed E-state index contributed by atoms with van der Waals surface area (Å²) in [7, 11) is 0. The van der Waals surface area contributed by atoms with Gasteiger partial charge in [-0.05, 0) is 29.7 Å². The molecule has 0 amide bonds. The summed E-state index contributed by atoms with van der Waals surface area (Å²) >= 11 is 0. The van der Waals surface area contributed by atoms with Gasteiger partial charge in [0.2, 0.25) is 0 Å². The van der Waals surface area contributed by atoms with Gasteiger partial charge in [-0.1, -0.05) is 49.9 Å². The first kappa shape index (κ1) is 14.3. The molecule has 0 nitrogen and oxygen atoms in total. The number of allylic oxidation sites excluding steroid dienone is 4. The van der Waals surface area contributed by atoms with Crippen molar-refractivity contribution in [3.05, 3.63) is 66.3 Å². The van der Waals surface area contributed by atoms with Gasteiger partial charge in [0.15, 0.2) is 0 Å². The van der Waals surface area contributed by atoms with Gasteiger partial charge in [-0.3, -0.25) is 0 Å². The highest BCUT2D eigenvalue weighted by atomic mass is 19.4. The van der Waals surface area contributed by atoms with Crippen LogP contribution in [0.2, 0.25) is 0 Å². The lowest BCUT2D eigenvalue weighted by atomic mass is 10.0. The Balaban J connectivity index is 2.83. The fourth-order valence-corrected chi connectivity index (χ4v) is 1.31. The third kappa shape index (κ3) is 3.91. The zero-order chi connectivity index (χ0) is 13.8. The third-order valence-electron chi connectivity index (χ3n) is 2.56. The minimum absolute atomic E-state index is 0.652. The summed E-state index contributed by atoms with van der Waals surface area (Å²) in [5, 5.41) is 0. The van der Waals surface area contributed by atoms with Crippen LogP contribution in [0.5, 0.6) is 0 Å². The van der Waals surface area contributed by atoms with Gasteiger partial charge in [0.05, 0.1) is 5.56 Å². The molecule has 0 aliphatic carbocycles. The maximum atomic E-state index is 12.4. The van der Waals surface area contributed by atoms with E-state index in [4.69, 9.17) is 0 Å². The van der Waals surface area contributed by atoms with Crippen molar-refractivity contribution in [3.8, 4) is 0 Å². The maximum Gasteiger partial charge on any atom is 0.416 e. The summed E-state index contributed by atoms with van der Waals surface area (Å²) in [6, 6.07) is 4.96. The molecule has 0 radical (unpaired) electrons. The molecule has 1 aromatic carbocycles. The second kappa shape index (κ2) is 5.71. The van der Waals surface area contributed by atoms with Crippen LogP contribution < -0.4 is 0 Å². The molecule has 0 spiro atoms. The van der Waals surface area contributed by atoms with Crippen LogP contribution in [0.4, 0.5) is 13.2 Å². The Morgan fingerprint density at radius 2 is 1.67 bits per heavy atom. The lowest BCUT2D eigenvalue weighted by Gasteiger charge is -2.07. The Labute approximate surface area is 105 Å². The zero-order valence-corrected chi connectivity index (χ0v) is 10.2. The van der Waals surface area contributed by atoms with Crippen molar-refractivity contribution in [1.82, 2.24) is 0 Å². The minimum Gasteiger partial charge on any atom is -0.166 e. The molecule has 1 rings (SSSR count). The molecule has 0 unspecified atom stereocenters. The third-order valence-corrected chi connectivity index (χ3v) is 2.56. The van der Waals surface area contributed by atoms with Crippen LogP contribution in [0.1, 0.15) is 24.5 Å². The van der Waals surface area contributed by atoms with E-state index in [-0.39, 0.29) is 0 Å². The van der Waals surface area contributed by atoms with Crippen LogP contribution in [-0.4, -0.2) is 0 Å². The normalized spacial score (nSPS) is 11.8. The van der Waals surface area contributed by atoms with Gasteiger partial charge < -0.3 is 0 Å². The quantitative estimate of drug-likeness (QED) is 0.643. The summed E-state index contributed by atoms with van der Waals surface area (Å²) in [5.74, 6) is 0. The van der Waals surface area contributed by atoms with E-state index in [1.165, 1.54) is 12.1 Å². The van der Waals surface area contributed by atoms with E-state index in [9.17, 15) is 13.2 Å². The monoisotopic (exact) mass is 252 g/mol. The largest absolute Gasteiger partial charge is 0.416 e. The van der Waals surface area contributed by atoms with Crippen LogP contribution in [-0.2, 0) is 6.18 Å². The molecule has 1 aromatic rings. The molecule has 0 saturated heterocycles. The van der Waals surface area contributed by atoms with Gasteiger partial charge in [-0.2, -0.15) is 13.2 Å². The number of halogens is 3. The molecule has 0 aromatic heterocycles. The van der Waals surface area contributed by atoms with Crippen molar-refractivity contribution < 1.29 is 13.2 Å². The van der Waals surface area contributed by atoms with Gasteiger partial charge in [-0.25, -0.2) is 0 Å². The Kier molecular flexibility index (Phi) is 4.54. The first-order valence-corrected chi connectivity index (χ1v) is 5.57. The Morgan fingerprint density at radius 1 is 1.11 bits per heavy atom. The fraction of sp³-hybridized carbons (Fsp3) is 0.200. The summed E-state index contributed by atoms with van der Waals surface area (Å²) in [4.78, 5) is 0. The Bertz CT molecular complexity index is 462. The van der Waals surface area contributed by atoms with E-state index in [0.29, 0.717) is 11.1 Å². The Hall–Kier alpha value is -1.77. The predicted molar refractivity (Wildman–Crippen MR) is 69.0 cm³/mol. The zero-order valence-electron chi connectivity index (χ0n) is 10.2. The van der Waals surface area contributed by atoms with Crippen LogP contribution in [0.15, 0.2) is 55.1 Å². The molecule has 0 N–H and O–H groups in total. The topological polar surface area (TPSA) is 0 Å². The second-order valence-electron chi connectivity index (χ2n) is 3.95. The van der Waals surface area contributed by atoms with Gasteiger partial charge >= 0.3 is 6.18 Å². The van der Waals surface area contributed by atoms with E-state index < -0.39 is 11.7 Å². The van der Waals surface area contributed by atoms with E-state index >= 15 is 0 Å². The fourth-order valence-electron chi connectivity index (χ4n) is 1.31. The van der Waals surface area contributed by atoms with Crippen molar-refractivity contribution in [2.24, 2.45) is 0 Å². The van der Waals surface area contributed by atoms with E-state index in [2.05, 4.69) is 13.2 Å². The molecule has 0 bridgehead atoms. The molecule has 3 heteroatoms. The molecule has 0 fully saturated rings. The number of hydrogen-bond donors (Lipinski definition) is 0. The molecule has 18 heavy (non-hydrogen) atoms. The van der Waals surface area contributed by atoms with Crippen molar-refractivity contribution in [2.45, 2.75) is 19.5 Å². The van der Waals surface area contributed by atoms with Crippen LogP contribution in [0.25, 0.3) is 5.57 Å². The van der Waals surface area contributed by atoms with Crippen molar-refractivity contribution in [2.75, 3.05) is 0 Å². The van der Waals surface area contributed by atoms with Gasteiger partial charge in [0.1, 0.15) is 0 Å². The highest BCUT2D eigenvalue weighted by Gasteiger charge is 2.29. The molecule has 96 valence electrons. The molecule has 0 aliphatic heterocycles. The lowest BCUT2D eigenvalue weighted by molar-refractivity contribution is -0.137. The molecular weight excluding hydrogens is 237 g/mol. The molecule has 0 atom stereocenters. The van der Waals surface area contributed by atoms with E-state index in [0.717, 1.165) is 24.1 Å². The second-order valence-corrected chi connectivity index (χ2v) is 3.95. The summed E-state index contributed by atoms with van der Waals surface area (Å²) in [5.41, 5.74) is 1.63. The molecule has 0 saturated carbocycles. The van der Waals surface area contributed by atoms with Crippen molar-refractivity contribution in [1.29, 1.82) is 0 Å². The first-order chi connectivity index (χ1) is 8.34. The highest BCUT2D eigenvalue weighted by Crippen LogP contribution is 2.30. The Morgan fingerprint density at radius 3 is 2.11 bits per heavy atom. The van der Waals surface area contributed by atoms with E-state index in [1.54, 1.807) is 6.08 Å². The standard InChI is InChI=1S/C15H15F3/c1-4-11(2)5-6-12(3)13-7-9-14(10-8-13)15(16,17)18/h5-10H,2-4H2,1H3/b6-5-. The summed E-state index contributed by atoms with van der Waals surface area (Å²) in [6.07, 6.45) is 0.109. The van der Waals surface area contributed by atoms with Crippen LogP contribution in [0.3, 0.4) is 0 Å². The average Bonchev–Trinajstić information content (AvgIpc) is 2.34. The minimum atomic E-state index is -4.30. The predicted octanol–water partition coefficient (Wildman–Crippen LogP) is 5.24. The lowest BCUT2D eigenvalue weighted by Crippen LogP contribution is -2.04. The number of alkyl halides is 3. The summed E-state index contributed by atoms with van der Waals surface area (Å²) < 4.78 is 37.1. The SMILES string of the molecule is C=C(/C=C\C(=C)c1ccc(C(F)(F)F)cc1)CC. The number of hydrogen-bond acceptors (Lipinski definition) is 0. The smallest absolute Gasteiger partial charge is 0.166 e. The molecule has 0 heterocycles. The van der Waals surface area contributed by atoms with Crippen molar-refractivity contribution in [3.63, 3.8) is 0 Å². The maximum absolute atomic E-state index is 12.4. The first-order valence-electron chi connectivity index (χ1n) is 5.57. The molecular formula is C15H15F3. The highest BCUT2D eigenvalue weighted by molar-refractivity contribution is 5.72. The average molecular weight is 252 g/mol.